The lowest BCUT2D eigenvalue weighted by Crippen LogP contribution is -2.43. The smallest absolute Gasteiger partial charge is 0.424 e. The van der Waals surface area contributed by atoms with Crippen LogP contribution in [-0.4, -0.2) is 26.2 Å². The molecule has 0 radical (unpaired) electrons. The Bertz CT molecular complexity index is 635. The molecule has 0 aliphatic rings. The van der Waals surface area contributed by atoms with Gasteiger partial charge >= 0.3 is 12.3 Å². The highest BCUT2D eigenvalue weighted by Gasteiger charge is 2.61. The first-order valence-corrected chi connectivity index (χ1v) is 7.41. The van der Waals surface area contributed by atoms with Gasteiger partial charge in [0, 0.05) is 5.54 Å². The quantitative estimate of drug-likeness (QED) is 0.851. The van der Waals surface area contributed by atoms with Gasteiger partial charge in [-0.15, -0.1) is 0 Å². The fraction of sp³-hybridized carbons (Fsp3) is 0.500. The van der Waals surface area contributed by atoms with Gasteiger partial charge in [-0.2, -0.15) is 22.0 Å². The molecule has 0 heterocycles. The van der Waals surface area contributed by atoms with Gasteiger partial charge in [0.25, 0.3) is 0 Å². The number of benzene rings is 1. The molecule has 0 saturated heterocycles. The summed E-state index contributed by atoms with van der Waals surface area (Å²) in [5.41, 5.74) is -0.960. The van der Waals surface area contributed by atoms with Crippen molar-refractivity contribution in [3.05, 3.63) is 24.3 Å². The summed E-state index contributed by atoms with van der Waals surface area (Å²) in [4.78, 5) is -0.811. The van der Waals surface area contributed by atoms with Crippen molar-refractivity contribution in [2.75, 3.05) is 0 Å². The number of sulfonamides is 1. The van der Waals surface area contributed by atoms with Crippen molar-refractivity contribution in [3.8, 4) is 5.75 Å². The maximum atomic E-state index is 13.0. The van der Waals surface area contributed by atoms with E-state index in [9.17, 15) is 30.4 Å². The Kier molecular flexibility index (Phi) is 4.79. The monoisotopic (exact) mass is 347 g/mol. The summed E-state index contributed by atoms with van der Waals surface area (Å²) in [6.45, 7) is 4.45. The number of ether oxygens (including phenoxy) is 1. The number of hydrogen-bond acceptors (Lipinski definition) is 3. The van der Waals surface area contributed by atoms with Gasteiger partial charge in [0.05, 0.1) is 0 Å². The molecule has 0 amide bonds. The van der Waals surface area contributed by atoms with E-state index in [2.05, 4.69) is 9.46 Å². The van der Waals surface area contributed by atoms with Crippen LogP contribution in [0.1, 0.15) is 20.8 Å². The summed E-state index contributed by atoms with van der Waals surface area (Å²) >= 11 is 0. The Morgan fingerprint density at radius 2 is 1.50 bits per heavy atom. The minimum Gasteiger partial charge on any atom is -0.424 e. The second-order valence-electron chi connectivity index (χ2n) is 5.42. The van der Waals surface area contributed by atoms with Gasteiger partial charge in [-0.05, 0) is 32.9 Å². The molecule has 0 bridgehead atoms. The number of para-hydroxylation sites is 1. The van der Waals surface area contributed by atoms with Gasteiger partial charge in [0.1, 0.15) is 10.6 Å². The average molecular weight is 347 g/mol. The summed E-state index contributed by atoms with van der Waals surface area (Å²) in [6, 6.07) is 3.85. The van der Waals surface area contributed by atoms with Gasteiger partial charge in [-0.25, -0.2) is 13.1 Å². The Morgan fingerprint density at radius 3 is 1.95 bits per heavy atom. The summed E-state index contributed by atoms with van der Waals surface area (Å²) in [5, 5.41) is 0. The van der Waals surface area contributed by atoms with Crippen molar-refractivity contribution in [2.24, 2.45) is 0 Å². The maximum Gasteiger partial charge on any atom is 0.499 e. The van der Waals surface area contributed by atoms with Crippen molar-refractivity contribution >= 4 is 10.0 Å². The molecule has 1 aromatic rings. The van der Waals surface area contributed by atoms with Crippen molar-refractivity contribution in [1.29, 1.82) is 0 Å². The van der Waals surface area contributed by atoms with Gasteiger partial charge in [0.15, 0.2) is 0 Å². The molecule has 0 unspecified atom stereocenters. The SMILES string of the molecule is CC(C)(C)NS(=O)(=O)c1ccccc1OC(F)(F)C(F)(F)F. The van der Waals surface area contributed by atoms with E-state index in [0.717, 1.165) is 18.2 Å². The van der Waals surface area contributed by atoms with Crippen LogP contribution in [0.25, 0.3) is 0 Å². The number of rotatable bonds is 4. The van der Waals surface area contributed by atoms with E-state index in [0.29, 0.717) is 0 Å². The van der Waals surface area contributed by atoms with E-state index in [4.69, 9.17) is 0 Å². The molecule has 0 saturated carbocycles. The zero-order valence-electron chi connectivity index (χ0n) is 11.8. The molecule has 0 fully saturated rings. The summed E-state index contributed by atoms with van der Waals surface area (Å²) < 4.78 is 92.4. The van der Waals surface area contributed by atoms with Crippen molar-refractivity contribution in [2.45, 2.75) is 43.5 Å². The van der Waals surface area contributed by atoms with Crippen LogP contribution in [0, 0.1) is 0 Å². The molecule has 0 atom stereocenters. The molecule has 0 aliphatic heterocycles. The molecule has 0 aromatic heterocycles. The molecule has 0 spiro atoms. The van der Waals surface area contributed by atoms with Crippen LogP contribution in [0.4, 0.5) is 22.0 Å². The normalized spacial score (nSPS) is 14.0. The Hall–Kier alpha value is -1.42. The lowest BCUT2D eigenvalue weighted by molar-refractivity contribution is -0.361. The molecule has 1 rings (SSSR count). The lowest BCUT2D eigenvalue weighted by Gasteiger charge is -2.24. The minimum absolute atomic E-state index is 0.719. The number of halogens is 5. The molecule has 126 valence electrons. The standard InChI is InChI=1S/C12H14F5NO3S/c1-10(2,3)18-22(19,20)9-7-5-4-6-8(9)21-12(16,17)11(13,14)15/h4-7,18H,1-3H3. The molecule has 1 aromatic carbocycles. The highest BCUT2D eigenvalue weighted by atomic mass is 32.2. The molecule has 10 heteroatoms. The average Bonchev–Trinajstić information content (AvgIpc) is 2.23. The van der Waals surface area contributed by atoms with Gasteiger partial charge in [0.2, 0.25) is 10.0 Å². The minimum atomic E-state index is -5.97. The predicted molar refractivity (Wildman–Crippen MR) is 68.1 cm³/mol. The van der Waals surface area contributed by atoms with Crippen LogP contribution in [0.15, 0.2) is 29.2 Å². The summed E-state index contributed by atoms with van der Waals surface area (Å²) in [7, 11) is -4.34. The summed E-state index contributed by atoms with van der Waals surface area (Å²) in [6.07, 6.45) is -11.5. The van der Waals surface area contributed by atoms with Crippen LogP contribution in [0.3, 0.4) is 0 Å². The summed E-state index contributed by atoms with van der Waals surface area (Å²) in [5.74, 6) is -1.10. The second kappa shape index (κ2) is 5.65. The van der Waals surface area contributed by atoms with Gasteiger partial charge < -0.3 is 4.74 Å². The third kappa shape index (κ3) is 4.54. The molecule has 22 heavy (non-hydrogen) atoms. The highest BCUT2D eigenvalue weighted by molar-refractivity contribution is 7.89. The molecular weight excluding hydrogens is 333 g/mol. The van der Waals surface area contributed by atoms with E-state index < -0.39 is 38.5 Å². The van der Waals surface area contributed by atoms with E-state index in [-0.39, 0.29) is 0 Å². The Morgan fingerprint density at radius 1 is 1.00 bits per heavy atom. The van der Waals surface area contributed by atoms with E-state index >= 15 is 0 Å². The van der Waals surface area contributed by atoms with Crippen LogP contribution in [0.5, 0.6) is 5.75 Å². The third-order valence-electron chi connectivity index (χ3n) is 2.15. The Balaban J connectivity index is 3.27. The maximum absolute atomic E-state index is 13.0. The molecule has 0 aliphatic carbocycles. The fourth-order valence-electron chi connectivity index (χ4n) is 1.41. The zero-order valence-corrected chi connectivity index (χ0v) is 12.6. The second-order valence-corrected chi connectivity index (χ2v) is 7.07. The van der Waals surface area contributed by atoms with Gasteiger partial charge in [-0.3, -0.25) is 0 Å². The van der Waals surface area contributed by atoms with E-state index in [1.165, 1.54) is 26.8 Å². The highest BCUT2D eigenvalue weighted by Crippen LogP contribution is 2.39. The number of hydrogen-bond donors (Lipinski definition) is 1. The van der Waals surface area contributed by atoms with Crippen molar-refractivity contribution < 1.29 is 35.1 Å². The van der Waals surface area contributed by atoms with Crippen molar-refractivity contribution in [1.82, 2.24) is 4.72 Å². The van der Waals surface area contributed by atoms with E-state index in [1.54, 1.807) is 0 Å². The van der Waals surface area contributed by atoms with Crippen molar-refractivity contribution in [3.63, 3.8) is 0 Å². The van der Waals surface area contributed by atoms with Crippen LogP contribution >= 0.6 is 0 Å². The molecular formula is C12H14F5NO3S. The van der Waals surface area contributed by atoms with Crippen LogP contribution in [0.2, 0.25) is 0 Å². The number of alkyl halides is 5. The zero-order chi connectivity index (χ0) is 17.4. The Labute approximate surface area is 124 Å². The topological polar surface area (TPSA) is 55.4 Å². The lowest BCUT2D eigenvalue weighted by atomic mass is 10.1. The van der Waals surface area contributed by atoms with E-state index in [1.807, 2.05) is 0 Å². The van der Waals surface area contributed by atoms with Crippen LogP contribution in [-0.2, 0) is 10.0 Å². The largest absolute Gasteiger partial charge is 0.499 e. The first-order chi connectivity index (χ1) is 9.66. The number of nitrogens with one attached hydrogen (secondary N) is 1. The molecule has 1 N–H and O–H groups in total. The third-order valence-corrected chi connectivity index (χ3v) is 3.94. The predicted octanol–water partition coefficient (Wildman–Crippen LogP) is 3.30. The van der Waals surface area contributed by atoms with Gasteiger partial charge in [-0.1, -0.05) is 12.1 Å². The fourth-order valence-corrected chi connectivity index (χ4v) is 2.96. The first kappa shape index (κ1) is 18.6. The molecule has 4 nitrogen and oxygen atoms in total. The van der Waals surface area contributed by atoms with Crippen LogP contribution < -0.4 is 9.46 Å². The first-order valence-electron chi connectivity index (χ1n) is 5.92.